The molecule has 15 heavy (non-hydrogen) atoms. The zero-order valence-electron chi connectivity index (χ0n) is 8.62. The van der Waals surface area contributed by atoms with E-state index < -0.39 is 12.1 Å². The van der Waals surface area contributed by atoms with Crippen LogP contribution < -0.4 is 0 Å². The Morgan fingerprint density at radius 1 is 1.67 bits per heavy atom. The van der Waals surface area contributed by atoms with Crippen molar-refractivity contribution in [3.63, 3.8) is 0 Å². The van der Waals surface area contributed by atoms with Crippen LogP contribution in [0.4, 0.5) is 4.39 Å². The molecule has 2 aliphatic rings. The van der Waals surface area contributed by atoms with Gasteiger partial charge in [-0.2, -0.15) is 0 Å². The van der Waals surface area contributed by atoms with Gasteiger partial charge in [0.15, 0.2) is 0 Å². The van der Waals surface area contributed by atoms with Gasteiger partial charge in [0, 0.05) is 18.5 Å². The van der Waals surface area contributed by atoms with Crippen molar-refractivity contribution in [1.29, 1.82) is 0 Å². The number of ether oxygens (including phenoxy) is 1. The van der Waals surface area contributed by atoms with Crippen molar-refractivity contribution >= 4 is 5.97 Å². The number of aliphatic carboxylic acids is 1. The maximum Gasteiger partial charge on any atom is 0.329 e. The molecule has 0 bridgehead atoms. The quantitative estimate of drug-likeness (QED) is 0.751. The van der Waals surface area contributed by atoms with Crippen LogP contribution >= 0.6 is 0 Å². The second-order valence-corrected chi connectivity index (χ2v) is 4.46. The predicted molar refractivity (Wildman–Crippen MR) is 51.5 cm³/mol. The molecular formula is C10H16FNO3. The molecule has 2 fully saturated rings. The molecule has 2 saturated heterocycles. The van der Waals surface area contributed by atoms with Crippen LogP contribution in [0.5, 0.6) is 0 Å². The highest BCUT2D eigenvalue weighted by molar-refractivity contribution is 5.68. The average Bonchev–Trinajstić information content (AvgIpc) is 2.59. The highest BCUT2D eigenvalue weighted by atomic mass is 19.1. The van der Waals surface area contributed by atoms with Gasteiger partial charge >= 0.3 is 5.97 Å². The standard InChI is InChI=1S/C10H16FNO3/c11-8-4-10(7-15-6-9(13)14)2-1-3-12(10)5-8/h8H,1-7H2,(H,13,14)/t8-,10+/m1/s1. The first kappa shape index (κ1) is 10.8. The third-order valence-corrected chi connectivity index (χ3v) is 3.36. The van der Waals surface area contributed by atoms with Crippen molar-refractivity contribution in [2.75, 3.05) is 26.3 Å². The van der Waals surface area contributed by atoms with Crippen molar-refractivity contribution < 1.29 is 19.0 Å². The second kappa shape index (κ2) is 4.06. The first-order chi connectivity index (χ1) is 7.12. The predicted octanol–water partition coefficient (Wildman–Crippen LogP) is 0.664. The molecule has 2 aliphatic heterocycles. The minimum atomic E-state index is -0.967. The van der Waals surface area contributed by atoms with Crippen LogP contribution in [0, 0.1) is 0 Å². The number of alkyl halides is 1. The van der Waals surface area contributed by atoms with Crippen LogP contribution in [-0.2, 0) is 9.53 Å². The molecule has 86 valence electrons. The van der Waals surface area contributed by atoms with Crippen molar-refractivity contribution in [2.45, 2.75) is 31.0 Å². The number of hydrogen-bond donors (Lipinski definition) is 1. The smallest absolute Gasteiger partial charge is 0.329 e. The average molecular weight is 217 g/mol. The number of carboxylic acid groups (broad SMARTS) is 1. The Balaban J connectivity index is 1.90. The zero-order chi connectivity index (χ0) is 10.9. The van der Waals surface area contributed by atoms with E-state index in [2.05, 4.69) is 4.90 Å². The van der Waals surface area contributed by atoms with Gasteiger partial charge in [-0.05, 0) is 19.4 Å². The number of rotatable bonds is 4. The third kappa shape index (κ3) is 2.13. The largest absolute Gasteiger partial charge is 0.480 e. The van der Waals surface area contributed by atoms with E-state index in [1.54, 1.807) is 0 Å². The summed E-state index contributed by atoms with van der Waals surface area (Å²) in [6.07, 6.45) is 1.70. The van der Waals surface area contributed by atoms with Gasteiger partial charge in [-0.3, -0.25) is 4.90 Å². The molecule has 0 aromatic carbocycles. The number of halogens is 1. The molecule has 2 rings (SSSR count). The summed E-state index contributed by atoms with van der Waals surface area (Å²) in [6.45, 7) is 1.46. The van der Waals surface area contributed by atoms with Gasteiger partial charge in [0.25, 0.3) is 0 Å². The van der Waals surface area contributed by atoms with Crippen LogP contribution in [0.3, 0.4) is 0 Å². The Hall–Kier alpha value is -0.680. The van der Waals surface area contributed by atoms with Gasteiger partial charge in [-0.1, -0.05) is 0 Å². The van der Waals surface area contributed by atoms with Crippen LogP contribution in [-0.4, -0.2) is 54.0 Å². The molecule has 4 nitrogen and oxygen atoms in total. The van der Waals surface area contributed by atoms with Crippen molar-refractivity contribution in [2.24, 2.45) is 0 Å². The van der Waals surface area contributed by atoms with Gasteiger partial charge in [0.1, 0.15) is 12.8 Å². The van der Waals surface area contributed by atoms with Crippen LogP contribution in [0.15, 0.2) is 0 Å². The van der Waals surface area contributed by atoms with Gasteiger partial charge in [-0.25, -0.2) is 9.18 Å². The lowest BCUT2D eigenvalue weighted by molar-refractivity contribution is -0.143. The molecule has 0 radical (unpaired) electrons. The lowest BCUT2D eigenvalue weighted by Crippen LogP contribution is -2.42. The molecule has 2 heterocycles. The van der Waals surface area contributed by atoms with Gasteiger partial charge < -0.3 is 9.84 Å². The Bertz CT molecular complexity index is 261. The van der Waals surface area contributed by atoms with Crippen LogP contribution in [0.1, 0.15) is 19.3 Å². The summed E-state index contributed by atoms with van der Waals surface area (Å²) >= 11 is 0. The van der Waals surface area contributed by atoms with E-state index in [1.807, 2.05) is 0 Å². The highest BCUT2D eigenvalue weighted by Crippen LogP contribution is 2.40. The summed E-state index contributed by atoms with van der Waals surface area (Å²) in [5, 5.41) is 8.46. The summed E-state index contributed by atoms with van der Waals surface area (Å²) < 4.78 is 18.4. The van der Waals surface area contributed by atoms with E-state index >= 15 is 0 Å². The molecule has 1 N–H and O–H groups in total. The fourth-order valence-electron chi connectivity index (χ4n) is 2.78. The molecule has 0 unspecified atom stereocenters. The number of fused-ring (bicyclic) bond motifs is 1. The van der Waals surface area contributed by atoms with Gasteiger partial charge in [-0.15, -0.1) is 0 Å². The van der Waals surface area contributed by atoms with E-state index in [-0.39, 0.29) is 12.1 Å². The van der Waals surface area contributed by atoms with Crippen molar-refractivity contribution in [1.82, 2.24) is 4.90 Å². The number of carbonyl (C=O) groups is 1. The molecule has 0 spiro atoms. The molecule has 5 heteroatoms. The normalized spacial score (nSPS) is 35.7. The van der Waals surface area contributed by atoms with E-state index in [0.717, 1.165) is 19.4 Å². The maximum absolute atomic E-state index is 13.3. The SMILES string of the molecule is O=C(O)COC[C@@]12CCCN1C[C@H](F)C2. The monoisotopic (exact) mass is 217 g/mol. The van der Waals surface area contributed by atoms with Gasteiger partial charge in [0.2, 0.25) is 0 Å². The number of hydrogen-bond acceptors (Lipinski definition) is 3. The summed E-state index contributed by atoms with van der Waals surface area (Å²) in [6, 6.07) is 0. The Morgan fingerprint density at radius 2 is 2.47 bits per heavy atom. The lowest BCUT2D eigenvalue weighted by atomic mass is 9.95. The zero-order valence-corrected chi connectivity index (χ0v) is 8.62. The minimum absolute atomic E-state index is 0.213. The van der Waals surface area contributed by atoms with Crippen LogP contribution in [0.25, 0.3) is 0 Å². The van der Waals surface area contributed by atoms with E-state index in [0.29, 0.717) is 19.6 Å². The molecule has 0 amide bonds. The minimum Gasteiger partial charge on any atom is -0.480 e. The molecule has 0 aliphatic carbocycles. The highest BCUT2D eigenvalue weighted by Gasteiger charge is 2.48. The maximum atomic E-state index is 13.3. The molecule has 2 atom stereocenters. The van der Waals surface area contributed by atoms with Crippen molar-refractivity contribution in [3.05, 3.63) is 0 Å². The third-order valence-electron chi connectivity index (χ3n) is 3.36. The molecule has 0 saturated carbocycles. The molecular weight excluding hydrogens is 201 g/mol. The summed E-state index contributed by atoms with van der Waals surface area (Å²) in [7, 11) is 0. The molecule has 0 aromatic heterocycles. The van der Waals surface area contributed by atoms with Gasteiger partial charge in [0.05, 0.1) is 6.61 Å². The first-order valence-corrected chi connectivity index (χ1v) is 5.31. The first-order valence-electron chi connectivity index (χ1n) is 5.31. The topological polar surface area (TPSA) is 49.8 Å². The Labute approximate surface area is 88.0 Å². The van der Waals surface area contributed by atoms with Crippen molar-refractivity contribution in [3.8, 4) is 0 Å². The second-order valence-electron chi connectivity index (χ2n) is 4.46. The summed E-state index contributed by atoms with van der Waals surface area (Å²) in [5.74, 6) is -0.967. The van der Waals surface area contributed by atoms with E-state index in [9.17, 15) is 9.18 Å². The Morgan fingerprint density at radius 3 is 3.20 bits per heavy atom. The fraction of sp³-hybridized carbons (Fsp3) is 0.900. The fourth-order valence-corrected chi connectivity index (χ4v) is 2.78. The lowest BCUT2D eigenvalue weighted by Gasteiger charge is -2.30. The summed E-state index contributed by atoms with van der Waals surface area (Å²) in [5.41, 5.74) is -0.213. The molecule has 0 aromatic rings. The number of carboxylic acids is 1. The number of nitrogens with zero attached hydrogens (tertiary/aromatic N) is 1. The van der Waals surface area contributed by atoms with E-state index in [4.69, 9.17) is 9.84 Å². The Kier molecular flexibility index (Phi) is 2.93. The van der Waals surface area contributed by atoms with Crippen LogP contribution in [0.2, 0.25) is 0 Å². The van der Waals surface area contributed by atoms with E-state index in [1.165, 1.54) is 0 Å². The summed E-state index contributed by atoms with van der Waals surface area (Å²) in [4.78, 5) is 12.4.